The molecule has 20 heavy (non-hydrogen) atoms. The number of anilines is 2. The van der Waals surface area contributed by atoms with Crippen LogP contribution < -0.4 is 11.1 Å². The van der Waals surface area contributed by atoms with Crippen molar-refractivity contribution in [3.63, 3.8) is 0 Å². The lowest BCUT2D eigenvalue weighted by atomic mass is 10.1. The predicted molar refractivity (Wildman–Crippen MR) is 82.7 cm³/mol. The standard InChI is InChI=1S/C15H25N3O2/c1-3-4-8-18(9-10-19)11-15(20)17-14-7-5-6-13(16)12(14)2/h5-7,19H,3-4,8-11,16H2,1-2H3,(H,17,20). The van der Waals surface area contributed by atoms with Gasteiger partial charge >= 0.3 is 0 Å². The summed E-state index contributed by atoms with van der Waals surface area (Å²) in [7, 11) is 0. The lowest BCUT2D eigenvalue weighted by molar-refractivity contribution is -0.117. The van der Waals surface area contributed by atoms with Crippen molar-refractivity contribution < 1.29 is 9.90 Å². The summed E-state index contributed by atoms with van der Waals surface area (Å²) in [5, 5.41) is 11.9. The van der Waals surface area contributed by atoms with Crippen molar-refractivity contribution in [2.75, 3.05) is 37.3 Å². The first-order valence-electron chi connectivity index (χ1n) is 7.06. The second-order valence-corrected chi connectivity index (χ2v) is 4.92. The molecule has 0 saturated carbocycles. The van der Waals surface area contributed by atoms with Gasteiger partial charge in [-0.25, -0.2) is 0 Å². The summed E-state index contributed by atoms with van der Waals surface area (Å²) in [6, 6.07) is 5.47. The number of unbranched alkanes of at least 4 members (excludes halogenated alkanes) is 1. The normalized spacial score (nSPS) is 10.8. The molecule has 5 nitrogen and oxygen atoms in total. The van der Waals surface area contributed by atoms with Gasteiger partial charge in [0.1, 0.15) is 0 Å². The number of carbonyl (C=O) groups excluding carboxylic acids is 1. The van der Waals surface area contributed by atoms with Crippen LogP contribution in [0, 0.1) is 6.92 Å². The number of nitrogen functional groups attached to an aromatic ring is 1. The Balaban J connectivity index is 2.58. The van der Waals surface area contributed by atoms with Crippen molar-refractivity contribution in [3.05, 3.63) is 23.8 Å². The molecule has 0 spiro atoms. The van der Waals surface area contributed by atoms with Crippen LogP contribution >= 0.6 is 0 Å². The van der Waals surface area contributed by atoms with Gasteiger partial charge in [0.15, 0.2) is 0 Å². The zero-order valence-electron chi connectivity index (χ0n) is 12.4. The lowest BCUT2D eigenvalue weighted by Crippen LogP contribution is -2.36. The number of aliphatic hydroxyl groups excluding tert-OH is 1. The van der Waals surface area contributed by atoms with Crippen LogP contribution in [0.2, 0.25) is 0 Å². The van der Waals surface area contributed by atoms with E-state index in [2.05, 4.69) is 12.2 Å². The molecule has 0 atom stereocenters. The minimum atomic E-state index is -0.0803. The fourth-order valence-corrected chi connectivity index (χ4v) is 1.97. The Morgan fingerprint density at radius 3 is 2.80 bits per heavy atom. The molecule has 0 fully saturated rings. The number of rotatable bonds is 8. The monoisotopic (exact) mass is 279 g/mol. The highest BCUT2D eigenvalue weighted by Gasteiger charge is 2.11. The van der Waals surface area contributed by atoms with Crippen LogP contribution in [0.4, 0.5) is 11.4 Å². The van der Waals surface area contributed by atoms with E-state index in [0.717, 1.165) is 30.6 Å². The fourth-order valence-electron chi connectivity index (χ4n) is 1.97. The summed E-state index contributed by atoms with van der Waals surface area (Å²) >= 11 is 0. The maximum Gasteiger partial charge on any atom is 0.238 e. The Morgan fingerprint density at radius 2 is 2.15 bits per heavy atom. The number of aliphatic hydroxyl groups is 1. The van der Waals surface area contributed by atoms with E-state index in [1.807, 2.05) is 30.0 Å². The summed E-state index contributed by atoms with van der Waals surface area (Å²) in [4.78, 5) is 14.0. The first-order valence-corrected chi connectivity index (χ1v) is 7.06. The molecule has 0 radical (unpaired) electrons. The van der Waals surface area contributed by atoms with Crippen molar-refractivity contribution in [2.24, 2.45) is 0 Å². The van der Waals surface area contributed by atoms with Gasteiger partial charge in [-0.1, -0.05) is 19.4 Å². The summed E-state index contributed by atoms with van der Waals surface area (Å²) < 4.78 is 0. The summed E-state index contributed by atoms with van der Waals surface area (Å²) in [6.45, 7) is 5.67. The molecule has 0 bridgehead atoms. The maximum atomic E-state index is 12.0. The topological polar surface area (TPSA) is 78.6 Å². The molecule has 0 aliphatic carbocycles. The first kappa shape index (κ1) is 16.5. The molecule has 4 N–H and O–H groups in total. The van der Waals surface area contributed by atoms with Crippen molar-refractivity contribution in [1.82, 2.24) is 4.90 Å². The van der Waals surface area contributed by atoms with Crippen LogP contribution in [-0.4, -0.2) is 42.2 Å². The SMILES string of the molecule is CCCCN(CCO)CC(=O)Nc1cccc(N)c1C. The van der Waals surface area contributed by atoms with Crippen LogP contribution in [0.3, 0.4) is 0 Å². The predicted octanol–water partition coefficient (Wildman–Crippen LogP) is 1.61. The van der Waals surface area contributed by atoms with Gasteiger partial charge in [0.2, 0.25) is 5.91 Å². The fraction of sp³-hybridized carbons (Fsp3) is 0.533. The smallest absolute Gasteiger partial charge is 0.238 e. The summed E-state index contributed by atoms with van der Waals surface area (Å²) in [5.74, 6) is -0.0803. The van der Waals surface area contributed by atoms with Gasteiger partial charge in [0, 0.05) is 17.9 Å². The van der Waals surface area contributed by atoms with Crippen LogP contribution in [0.1, 0.15) is 25.3 Å². The third-order valence-electron chi connectivity index (χ3n) is 3.26. The third kappa shape index (κ3) is 5.19. The first-order chi connectivity index (χ1) is 9.58. The molecule has 5 heteroatoms. The van der Waals surface area contributed by atoms with E-state index in [-0.39, 0.29) is 19.1 Å². The molecule has 0 aromatic heterocycles. The van der Waals surface area contributed by atoms with Crippen LogP contribution in [0.25, 0.3) is 0 Å². The van der Waals surface area contributed by atoms with Gasteiger partial charge in [-0.3, -0.25) is 9.69 Å². The average Bonchev–Trinajstić information content (AvgIpc) is 2.41. The number of benzene rings is 1. The van der Waals surface area contributed by atoms with E-state index in [4.69, 9.17) is 10.8 Å². The number of hydrogen-bond acceptors (Lipinski definition) is 4. The number of carbonyl (C=O) groups is 1. The molecule has 1 rings (SSSR count). The van der Waals surface area contributed by atoms with E-state index in [1.54, 1.807) is 0 Å². The van der Waals surface area contributed by atoms with Crippen molar-refractivity contribution in [3.8, 4) is 0 Å². The van der Waals surface area contributed by atoms with Gasteiger partial charge in [-0.05, 0) is 37.6 Å². The van der Waals surface area contributed by atoms with Crippen molar-refractivity contribution >= 4 is 17.3 Å². The summed E-state index contributed by atoms with van der Waals surface area (Å²) in [5.41, 5.74) is 8.11. The molecule has 1 aromatic rings. The van der Waals surface area contributed by atoms with Crippen LogP contribution in [-0.2, 0) is 4.79 Å². The highest BCUT2D eigenvalue weighted by molar-refractivity contribution is 5.93. The molecule has 1 aromatic carbocycles. The van der Waals surface area contributed by atoms with Crippen LogP contribution in [0.5, 0.6) is 0 Å². The second-order valence-electron chi connectivity index (χ2n) is 4.92. The molecular formula is C15H25N3O2. The van der Waals surface area contributed by atoms with E-state index in [0.29, 0.717) is 12.2 Å². The van der Waals surface area contributed by atoms with E-state index < -0.39 is 0 Å². The van der Waals surface area contributed by atoms with Gasteiger partial charge < -0.3 is 16.2 Å². The molecule has 0 aliphatic rings. The van der Waals surface area contributed by atoms with Gasteiger partial charge in [-0.15, -0.1) is 0 Å². The largest absolute Gasteiger partial charge is 0.398 e. The van der Waals surface area contributed by atoms with Gasteiger partial charge in [0.05, 0.1) is 13.2 Å². The minimum Gasteiger partial charge on any atom is -0.398 e. The lowest BCUT2D eigenvalue weighted by Gasteiger charge is -2.20. The number of hydrogen-bond donors (Lipinski definition) is 3. The molecule has 0 heterocycles. The second kappa shape index (κ2) is 8.55. The number of nitrogens with zero attached hydrogens (tertiary/aromatic N) is 1. The third-order valence-corrected chi connectivity index (χ3v) is 3.26. The zero-order chi connectivity index (χ0) is 15.0. The van der Waals surface area contributed by atoms with E-state index in [9.17, 15) is 4.79 Å². The zero-order valence-corrected chi connectivity index (χ0v) is 12.4. The molecule has 1 amide bonds. The van der Waals surface area contributed by atoms with Crippen LogP contribution in [0.15, 0.2) is 18.2 Å². The van der Waals surface area contributed by atoms with Gasteiger partial charge in [-0.2, -0.15) is 0 Å². The van der Waals surface area contributed by atoms with Gasteiger partial charge in [0.25, 0.3) is 0 Å². The highest BCUT2D eigenvalue weighted by atomic mass is 16.3. The Hall–Kier alpha value is -1.59. The van der Waals surface area contributed by atoms with Crippen molar-refractivity contribution in [1.29, 1.82) is 0 Å². The molecular weight excluding hydrogens is 254 g/mol. The van der Waals surface area contributed by atoms with Crippen molar-refractivity contribution in [2.45, 2.75) is 26.7 Å². The number of nitrogens with one attached hydrogen (secondary N) is 1. The Labute approximate surface area is 120 Å². The number of amides is 1. The molecule has 0 unspecified atom stereocenters. The maximum absolute atomic E-state index is 12.0. The molecule has 112 valence electrons. The van der Waals surface area contributed by atoms with E-state index >= 15 is 0 Å². The summed E-state index contributed by atoms with van der Waals surface area (Å²) in [6.07, 6.45) is 2.09. The highest BCUT2D eigenvalue weighted by Crippen LogP contribution is 2.20. The Morgan fingerprint density at radius 1 is 1.40 bits per heavy atom. The quantitative estimate of drug-likeness (QED) is 0.632. The van der Waals surface area contributed by atoms with E-state index in [1.165, 1.54) is 0 Å². The number of nitrogens with two attached hydrogens (primary N) is 1. The molecule has 0 aliphatic heterocycles. The Bertz CT molecular complexity index is 435. The minimum absolute atomic E-state index is 0.0638. The Kier molecular flexibility index (Phi) is 7.04. The molecule has 0 saturated heterocycles. The average molecular weight is 279 g/mol.